The maximum absolute atomic E-state index is 12.2. The molecular formula is C13H24N2OS. The van der Waals surface area contributed by atoms with Crippen molar-refractivity contribution in [2.45, 2.75) is 44.4 Å². The van der Waals surface area contributed by atoms with E-state index >= 15 is 0 Å². The highest BCUT2D eigenvalue weighted by Gasteiger charge is 2.33. The Morgan fingerprint density at radius 1 is 1.24 bits per heavy atom. The van der Waals surface area contributed by atoms with Crippen LogP contribution in [0.4, 0.5) is 0 Å². The Labute approximate surface area is 110 Å². The molecule has 2 heterocycles. The second kappa shape index (κ2) is 5.61. The minimum atomic E-state index is -0.134. The van der Waals surface area contributed by atoms with Gasteiger partial charge in [0.05, 0.1) is 5.25 Å². The molecule has 0 radical (unpaired) electrons. The highest BCUT2D eigenvalue weighted by atomic mass is 32.1. The van der Waals surface area contributed by atoms with E-state index in [2.05, 4.69) is 31.4 Å². The lowest BCUT2D eigenvalue weighted by Crippen LogP contribution is -2.57. The highest BCUT2D eigenvalue weighted by molar-refractivity contribution is 7.81. The number of piperazine rings is 1. The van der Waals surface area contributed by atoms with Crippen molar-refractivity contribution in [2.75, 3.05) is 26.2 Å². The Morgan fingerprint density at radius 2 is 2.00 bits per heavy atom. The van der Waals surface area contributed by atoms with Gasteiger partial charge in [0, 0.05) is 25.7 Å². The van der Waals surface area contributed by atoms with Gasteiger partial charge < -0.3 is 4.90 Å². The molecule has 2 atom stereocenters. The molecule has 0 bridgehead atoms. The Morgan fingerprint density at radius 3 is 2.71 bits per heavy atom. The average molecular weight is 256 g/mol. The summed E-state index contributed by atoms with van der Waals surface area (Å²) in [6.07, 6.45) is 3.89. The van der Waals surface area contributed by atoms with E-state index in [-0.39, 0.29) is 11.2 Å². The predicted octanol–water partition coefficient (Wildman–Crippen LogP) is 1.64. The van der Waals surface area contributed by atoms with Crippen molar-refractivity contribution in [1.82, 2.24) is 9.80 Å². The molecule has 0 saturated carbocycles. The number of thiol groups is 1. The molecule has 2 saturated heterocycles. The molecule has 2 aliphatic rings. The van der Waals surface area contributed by atoms with Crippen LogP contribution in [0.3, 0.4) is 0 Å². The van der Waals surface area contributed by atoms with E-state index in [1.54, 1.807) is 0 Å². The van der Waals surface area contributed by atoms with E-state index in [0.29, 0.717) is 12.0 Å². The zero-order valence-electron chi connectivity index (χ0n) is 10.9. The maximum Gasteiger partial charge on any atom is 0.235 e. The number of rotatable bonds is 2. The molecule has 0 aromatic rings. The predicted molar refractivity (Wildman–Crippen MR) is 73.4 cm³/mol. The fourth-order valence-electron chi connectivity index (χ4n) is 2.83. The molecule has 2 fully saturated rings. The minimum Gasteiger partial charge on any atom is -0.339 e. The molecule has 0 spiro atoms. The molecule has 3 nitrogen and oxygen atoms in total. The van der Waals surface area contributed by atoms with Gasteiger partial charge in [-0.15, -0.1) is 0 Å². The summed E-state index contributed by atoms with van der Waals surface area (Å²) in [6, 6.07) is 0.606. The number of piperidine rings is 1. The van der Waals surface area contributed by atoms with Crippen molar-refractivity contribution in [2.24, 2.45) is 5.92 Å². The third-order valence-corrected chi connectivity index (χ3v) is 4.85. The monoisotopic (exact) mass is 256 g/mol. The van der Waals surface area contributed by atoms with Gasteiger partial charge >= 0.3 is 0 Å². The highest BCUT2D eigenvalue weighted by Crippen LogP contribution is 2.22. The first-order valence-electron chi connectivity index (χ1n) is 6.80. The van der Waals surface area contributed by atoms with Crippen LogP contribution in [-0.2, 0) is 4.79 Å². The summed E-state index contributed by atoms with van der Waals surface area (Å²) < 4.78 is 0. The third-order valence-electron chi connectivity index (χ3n) is 4.03. The number of nitrogens with zero attached hydrogens (tertiary/aromatic N) is 2. The summed E-state index contributed by atoms with van der Waals surface area (Å²) >= 11 is 4.44. The fraction of sp³-hybridized carbons (Fsp3) is 0.923. The average Bonchev–Trinajstić information content (AvgIpc) is 2.36. The zero-order valence-corrected chi connectivity index (χ0v) is 11.8. The van der Waals surface area contributed by atoms with Gasteiger partial charge in [-0.05, 0) is 25.3 Å². The number of fused-ring (bicyclic) bond motifs is 1. The van der Waals surface area contributed by atoms with Gasteiger partial charge in [-0.1, -0.05) is 20.3 Å². The molecule has 17 heavy (non-hydrogen) atoms. The minimum absolute atomic E-state index is 0.134. The van der Waals surface area contributed by atoms with Crippen molar-refractivity contribution in [3.05, 3.63) is 0 Å². The van der Waals surface area contributed by atoms with E-state index in [4.69, 9.17) is 0 Å². The lowest BCUT2D eigenvalue weighted by atomic mass is 9.99. The topological polar surface area (TPSA) is 23.6 Å². The van der Waals surface area contributed by atoms with Gasteiger partial charge in [0.15, 0.2) is 0 Å². The Kier molecular flexibility index (Phi) is 4.36. The molecule has 0 aliphatic carbocycles. The SMILES string of the molecule is CC(C)C(S)C(=O)N1CCN2CCCCC2C1. The van der Waals surface area contributed by atoms with Gasteiger partial charge in [0.25, 0.3) is 0 Å². The molecular weight excluding hydrogens is 232 g/mol. The van der Waals surface area contributed by atoms with Gasteiger partial charge in [0.1, 0.15) is 0 Å². The number of carbonyl (C=O) groups excluding carboxylic acids is 1. The van der Waals surface area contributed by atoms with Crippen LogP contribution < -0.4 is 0 Å². The molecule has 98 valence electrons. The lowest BCUT2D eigenvalue weighted by Gasteiger charge is -2.44. The van der Waals surface area contributed by atoms with Crippen molar-refractivity contribution >= 4 is 18.5 Å². The van der Waals surface area contributed by atoms with E-state index < -0.39 is 0 Å². The number of hydrogen-bond acceptors (Lipinski definition) is 3. The van der Waals surface area contributed by atoms with Crippen LogP contribution in [-0.4, -0.2) is 53.2 Å². The van der Waals surface area contributed by atoms with Gasteiger partial charge in [-0.25, -0.2) is 0 Å². The molecule has 2 rings (SSSR count). The van der Waals surface area contributed by atoms with E-state index in [0.717, 1.165) is 19.6 Å². The normalized spacial score (nSPS) is 28.0. The summed E-state index contributed by atoms with van der Waals surface area (Å²) in [6.45, 7) is 8.21. The fourth-order valence-corrected chi connectivity index (χ4v) is 2.99. The molecule has 0 aromatic heterocycles. The van der Waals surface area contributed by atoms with E-state index in [9.17, 15) is 4.79 Å². The molecule has 0 N–H and O–H groups in total. The summed E-state index contributed by atoms with van der Waals surface area (Å²) in [4.78, 5) is 16.8. The summed E-state index contributed by atoms with van der Waals surface area (Å²) in [5.74, 6) is 0.545. The van der Waals surface area contributed by atoms with E-state index in [1.165, 1.54) is 25.8 Å². The van der Waals surface area contributed by atoms with Crippen LogP contribution in [0.2, 0.25) is 0 Å². The van der Waals surface area contributed by atoms with Crippen molar-refractivity contribution < 1.29 is 4.79 Å². The van der Waals surface area contributed by atoms with Gasteiger partial charge in [0.2, 0.25) is 5.91 Å². The smallest absolute Gasteiger partial charge is 0.235 e. The summed E-state index contributed by atoms with van der Waals surface area (Å²) in [5.41, 5.74) is 0. The summed E-state index contributed by atoms with van der Waals surface area (Å²) in [5, 5.41) is -0.134. The first-order chi connectivity index (χ1) is 8.09. The maximum atomic E-state index is 12.2. The van der Waals surface area contributed by atoms with Gasteiger partial charge in [-0.2, -0.15) is 12.6 Å². The molecule has 0 aromatic carbocycles. The van der Waals surface area contributed by atoms with Crippen molar-refractivity contribution in [1.29, 1.82) is 0 Å². The lowest BCUT2D eigenvalue weighted by molar-refractivity contribution is -0.134. The second-order valence-electron chi connectivity index (χ2n) is 5.66. The number of amides is 1. The van der Waals surface area contributed by atoms with Crippen LogP contribution in [0.15, 0.2) is 0 Å². The zero-order chi connectivity index (χ0) is 12.4. The van der Waals surface area contributed by atoms with Crippen LogP contribution in [0.25, 0.3) is 0 Å². The van der Waals surface area contributed by atoms with Crippen molar-refractivity contribution in [3.8, 4) is 0 Å². The standard InChI is InChI=1S/C13H24N2OS/c1-10(2)12(17)13(16)15-8-7-14-6-4-3-5-11(14)9-15/h10-12,17H,3-9H2,1-2H3. The first kappa shape index (κ1) is 13.2. The first-order valence-corrected chi connectivity index (χ1v) is 7.32. The molecule has 2 aliphatic heterocycles. The Bertz CT molecular complexity index is 283. The molecule has 1 amide bonds. The third kappa shape index (κ3) is 2.97. The van der Waals surface area contributed by atoms with Crippen LogP contribution in [0.1, 0.15) is 33.1 Å². The largest absolute Gasteiger partial charge is 0.339 e. The molecule has 4 heteroatoms. The number of hydrogen-bond donors (Lipinski definition) is 1. The van der Waals surface area contributed by atoms with Crippen LogP contribution >= 0.6 is 12.6 Å². The Balaban J connectivity index is 1.93. The molecule has 2 unspecified atom stereocenters. The number of carbonyl (C=O) groups is 1. The van der Waals surface area contributed by atoms with Crippen LogP contribution in [0, 0.1) is 5.92 Å². The Hall–Kier alpha value is -0.220. The second-order valence-corrected chi connectivity index (χ2v) is 6.22. The van der Waals surface area contributed by atoms with Gasteiger partial charge in [-0.3, -0.25) is 9.69 Å². The van der Waals surface area contributed by atoms with E-state index in [1.807, 2.05) is 4.90 Å². The van der Waals surface area contributed by atoms with Crippen LogP contribution in [0.5, 0.6) is 0 Å². The summed E-state index contributed by atoms with van der Waals surface area (Å²) in [7, 11) is 0. The van der Waals surface area contributed by atoms with Crippen molar-refractivity contribution in [3.63, 3.8) is 0 Å². The quantitative estimate of drug-likeness (QED) is 0.759.